The first-order valence-corrected chi connectivity index (χ1v) is 9.10. The molecule has 0 bridgehead atoms. The molecule has 0 atom stereocenters. The highest BCUT2D eigenvalue weighted by Gasteiger charge is 2.22. The molecule has 1 saturated heterocycles. The molecule has 0 unspecified atom stereocenters. The monoisotopic (exact) mass is 360 g/mol. The second-order valence-corrected chi connectivity index (χ2v) is 7.05. The Bertz CT molecular complexity index is 753. The number of amides is 1. The summed E-state index contributed by atoms with van der Waals surface area (Å²) >= 11 is 1.39. The average Bonchev–Trinajstić information content (AvgIpc) is 3.17. The van der Waals surface area contributed by atoms with Crippen molar-refractivity contribution in [3.05, 3.63) is 46.2 Å². The Morgan fingerprint density at radius 3 is 2.64 bits per heavy atom. The first kappa shape index (κ1) is 17.4. The van der Waals surface area contributed by atoms with E-state index in [0.29, 0.717) is 16.1 Å². The fourth-order valence-corrected chi connectivity index (χ4v) is 3.50. The van der Waals surface area contributed by atoms with E-state index in [1.807, 2.05) is 17.5 Å². The summed E-state index contributed by atoms with van der Waals surface area (Å²) in [6, 6.07) is 8.94. The largest absolute Gasteiger partial charge is 0.465 e. The summed E-state index contributed by atoms with van der Waals surface area (Å²) in [6.07, 6.45) is 0. The van der Waals surface area contributed by atoms with Gasteiger partial charge in [-0.25, -0.2) is 4.79 Å². The third kappa shape index (κ3) is 4.00. The normalized spacial score (nSPS) is 15.0. The molecule has 1 aliphatic rings. The number of carbonyl (C=O) groups is 2. The van der Waals surface area contributed by atoms with Crippen molar-refractivity contribution in [2.24, 2.45) is 0 Å². The molecule has 1 aliphatic heterocycles. The van der Waals surface area contributed by atoms with Crippen LogP contribution >= 0.6 is 11.3 Å². The van der Waals surface area contributed by atoms with E-state index in [1.54, 1.807) is 18.2 Å². The highest BCUT2D eigenvalue weighted by molar-refractivity contribution is 7.12. The van der Waals surface area contributed by atoms with Gasteiger partial charge in [0.25, 0.3) is 5.91 Å². The van der Waals surface area contributed by atoms with Gasteiger partial charge < -0.3 is 19.9 Å². The quantitative estimate of drug-likeness (QED) is 0.802. The Morgan fingerprint density at radius 1 is 1.24 bits per heavy atom. The van der Waals surface area contributed by atoms with Crippen LogP contribution in [0.15, 0.2) is 35.7 Å². The number of anilines is 2. The zero-order valence-corrected chi connectivity index (χ0v) is 15.2. The van der Waals surface area contributed by atoms with Crippen LogP contribution in [0.5, 0.6) is 0 Å². The van der Waals surface area contributed by atoms with Gasteiger partial charge in [-0.2, -0.15) is 0 Å². The van der Waals surface area contributed by atoms with Crippen LogP contribution in [0.2, 0.25) is 0 Å². The van der Waals surface area contributed by atoms with Crippen molar-refractivity contribution in [1.82, 2.24) is 0 Å². The first-order valence-electron chi connectivity index (χ1n) is 8.22. The van der Waals surface area contributed by atoms with Gasteiger partial charge >= 0.3 is 5.97 Å². The van der Waals surface area contributed by atoms with E-state index in [2.05, 4.69) is 17.3 Å². The molecule has 1 amide bonds. The maximum absolute atomic E-state index is 12.5. The lowest BCUT2D eigenvalue weighted by Crippen LogP contribution is -3.12. The third-order valence-corrected chi connectivity index (χ3v) is 5.24. The molecule has 0 radical (unpaired) electrons. The zero-order chi connectivity index (χ0) is 17.8. The molecule has 1 aromatic heterocycles. The number of hydrogen-bond acceptors (Lipinski definition) is 5. The molecule has 0 aliphatic carbocycles. The molecule has 132 valence electrons. The minimum absolute atomic E-state index is 0.169. The third-order valence-electron chi connectivity index (χ3n) is 4.37. The molecule has 1 aromatic carbocycles. The topological polar surface area (TPSA) is 63.1 Å². The van der Waals surface area contributed by atoms with Gasteiger partial charge in [0.1, 0.15) is 0 Å². The van der Waals surface area contributed by atoms with Crippen molar-refractivity contribution in [3.63, 3.8) is 0 Å². The molecule has 7 heteroatoms. The summed E-state index contributed by atoms with van der Waals surface area (Å²) < 4.78 is 4.80. The molecule has 1 fully saturated rings. The number of carbonyl (C=O) groups excluding carboxylic acids is 2. The predicted molar refractivity (Wildman–Crippen MR) is 98.9 cm³/mol. The minimum atomic E-state index is -0.416. The number of nitrogens with one attached hydrogen (secondary N) is 2. The molecule has 6 nitrogen and oxygen atoms in total. The van der Waals surface area contributed by atoms with E-state index >= 15 is 0 Å². The molecule has 2 heterocycles. The Morgan fingerprint density at radius 2 is 2.00 bits per heavy atom. The number of methoxy groups -OCH3 is 1. The van der Waals surface area contributed by atoms with Crippen LogP contribution in [-0.4, -0.2) is 52.2 Å². The van der Waals surface area contributed by atoms with Gasteiger partial charge in [-0.15, -0.1) is 11.3 Å². The summed E-state index contributed by atoms with van der Waals surface area (Å²) in [5.74, 6) is -0.584. The molecule has 25 heavy (non-hydrogen) atoms. The van der Waals surface area contributed by atoms with Gasteiger partial charge in [-0.05, 0) is 29.6 Å². The number of benzene rings is 1. The summed E-state index contributed by atoms with van der Waals surface area (Å²) in [6.45, 7) is 3.89. The van der Waals surface area contributed by atoms with Crippen LogP contribution in [0.1, 0.15) is 20.0 Å². The average molecular weight is 360 g/mol. The van der Waals surface area contributed by atoms with Crippen molar-refractivity contribution in [3.8, 4) is 0 Å². The number of likely N-dealkylation sites (N-methyl/N-ethyl adjacent to an activating group) is 1. The van der Waals surface area contributed by atoms with Gasteiger partial charge in [0.2, 0.25) is 0 Å². The van der Waals surface area contributed by atoms with Crippen molar-refractivity contribution < 1.29 is 19.2 Å². The number of hydrogen-bond donors (Lipinski definition) is 2. The summed E-state index contributed by atoms with van der Waals surface area (Å²) in [5, 5.41) is 4.82. The fourth-order valence-electron chi connectivity index (χ4n) is 2.88. The van der Waals surface area contributed by atoms with E-state index in [-0.39, 0.29) is 5.91 Å². The SMILES string of the molecule is COC(=O)c1ccc(N2CC[NH+](C)CC2)c(NC(=O)c2cccs2)c1. The molecule has 0 saturated carbocycles. The fraction of sp³-hybridized carbons (Fsp3) is 0.333. The maximum atomic E-state index is 12.5. The predicted octanol–water partition coefficient (Wildman–Crippen LogP) is 1.12. The Hall–Kier alpha value is -2.38. The van der Waals surface area contributed by atoms with Crippen LogP contribution < -0.4 is 15.1 Å². The first-order chi connectivity index (χ1) is 12.1. The van der Waals surface area contributed by atoms with E-state index in [4.69, 9.17) is 4.74 Å². The molecule has 0 spiro atoms. The Balaban J connectivity index is 1.90. The molecular formula is C18H22N3O3S+. The number of quaternary nitrogens is 1. The zero-order valence-electron chi connectivity index (χ0n) is 14.4. The van der Waals surface area contributed by atoms with Gasteiger partial charge in [-0.3, -0.25) is 4.79 Å². The summed E-state index contributed by atoms with van der Waals surface area (Å²) in [4.78, 5) is 28.7. The van der Waals surface area contributed by atoms with Crippen molar-refractivity contribution >= 4 is 34.6 Å². The van der Waals surface area contributed by atoms with Crippen LogP contribution in [0.25, 0.3) is 0 Å². The van der Waals surface area contributed by atoms with Crippen LogP contribution in [0, 0.1) is 0 Å². The molecule has 2 aromatic rings. The standard InChI is InChI=1S/C18H21N3O3S/c1-20-7-9-21(10-8-20)15-6-5-13(18(23)24-2)12-14(15)19-17(22)16-4-3-11-25-16/h3-6,11-12H,7-10H2,1-2H3,(H,19,22)/p+1. The van der Waals surface area contributed by atoms with Crippen molar-refractivity contribution in [1.29, 1.82) is 0 Å². The van der Waals surface area contributed by atoms with E-state index in [9.17, 15) is 9.59 Å². The minimum Gasteiger partial charge on any atom is -0.465 e. The van der Waals surface area contributed by atoms with Gasteiger partial charge in [0.15, 0.2) is 0 Å². The number of esters is 1. The summed E-state index contributed by atoms with van der Waals surface area (Å²) in [5.41, 5.74) is 2.00. The van der Waals surface area contributed by atoms with Crippen LogP contribution in [-0.2, 0) is 4.74 Å². The number of thiophene rings is 1. The van der Waals surface area contributed by atoms with Crippen molar-refractivity contribution in [2.75, 3.05) is 50.6 Å². The smallest absolute Gasteiger partial charge is 0.337 e. The number of rotatable bonds is 4. The van der Waals surface area contributed by atoms with Gasteiger partial charge in [0, 0.05) is 0 Å². The number of ether oxygens (including phenoxy) is 1. The number of nitrogens with zero attached hydrogens (tertiary/aromatic N) is 1. The lowest BCUT2D eigenvalue weighted by atomic mass is 10.1. The molecular weight excluding hydrogens is 338 g/mol. The summed E-state index contributed by atoms with van der Waals surface area (Å²) in [7, 11) is 3.53. The van der Waals surface area contributed by atoms with E-state index in [0.717, 1.165) is 31.9 Å². The molecule has 2 N–H and O–H groups in total. The number of piperazine rings is 1. The lowest BCUT2D eigenvalue weighted by Gasteiger charge is -2.33. The lowest BCUT2D eigenvalue weighted by molar-refractivity contribution is -0.880. The Labute approximate surface area is 151 Å². The molecule has 3 rings (SSSR count). The van der Waals surface area contributed by atoms with Gasteiger partial charge in [-0.1, -0.05) is 6.07 Å². The highest BCUT2D eigenvalue weighted by Crippen LogP contribution is 2.28. The second kappa shape index (κ2) is 7.67. The second-order valence-electron chi connectivity index (χ2n) is 6.10. The van der Waals surface area contributed by atoms with E-state index < -0.39 is 5.97 Å². The van der Waals surface area contributed by atoms with Crippen molar-refractivity contribution in [2.45, 2.75) is 0 Å². The van der Waals surface area contributed by atoms with Gasteiger partial charge in [0.05, 0.1) is 62.2 Å². The highest BCUT2D eigenvalue weighted by atomic mass is 32.1. The van der Waals surface area contributed by atoms with Crippen LogP contribution in [0.4, 0.5) is 11.4 Å². The van der Waals surface area contributed by atoms with Crippen LogP contribution in [0.3, 0.4) is 0 Å². The Kier molecular flexibility index (Phi) is 5.35. The van der Waals surface area contributed by atoms with E-state index in [1.165, 1.54) is 23.3 Å². The maximum Gasteiger partial charge on any atom is 0.337 e.